The van der Waals surface area contributed by atoms with Crippen LogP contribution in [0.5, 0.6) is 5.75 Å². The molecule has 0 bridgehead atoms. The van der Waals surface area contributed by atoms with Crippen molar-refractivity contribution in [2.75, 3.05) is 25.6 Å². The number of methoxy groups -OCH3 is 1. The zero-order chi connectivity index (χ0) is 23.4. The van der Waals surface area contributed by atoms with Crippen molar-refractivity contribution in [3.63, 3.8) is 0 Å². The quantitative estimate of drug-likeness (QED) is 0.560. The number of anilines is 1. The van der Waals surface area contributed by atoms with Gasteiger partial charge in [-0.25, -0.2) is 4.39 Å². The zero-order valence-corrected chi connectivity index (χ0v) is 18.3. The highest BCUT2D eigenvalue weighted by Gasteiger charge is 2.46. The topological polar surface area (TPSA) is 106 Å². The van der Waals surface area contributed by atoms with Gasteiger partial charge in [0.2, 0.25) is 11.8 Å². The average Bonchev–Trinajstić information content (AvgIpc) is 3.16. The molecule has 2 aromatic carbocycles. The lowest BCUT2D eigenvalue weighted by atomic mass is 9.84. The normalized spacial score (nSPS) is 23.2. The molecule has 176 valence electrons. The van der Waals surface area contributed by atoms with Crippen LogP contribution in [0.3, 0.4) is 0 Å². The van der Waals surface area contributed by atoms with Gasteiger partial charge in [0, 0.05) is 36.4 Å². The molecular formula is C24H27FN2O6. The Hall–Kier alpha value is -3.01. The molecule has 8 nitrogen and oxygen atoms in total. The second kappa shape index (κ2) is 10.3. The average molecular weight is 458 g/mol. The molecule has 9 heteroatoms. The number of halogens is 1. The Kier molecular flexibility index (Phi) is 7.22. The highest BCUT2D eigenvalue weighted by molar-refractivity contribution is 5.92. The molecule has 1 fully saturated rings. The van der Waals surface area contributed by atoms with E-state index in [4.69, 9.17) is 14.2 Å². The molecule has 2 amide bonds. The molecular weight excluding hydrogens is 431 g/mol. The number of fused-ring (bicyclic) bond motifs is 3. The maximum absolute atomic E-state index is 13.8. The van der Waals surface area contributed by atoms with Crippen molar-refractivity contribution in [1.82, 2.24) is 5.32 Å². The Morgan fingerprint density at radius 1 is 1.21 bits per heavy atom. The zero-order valence-electron chi connectivity index (χ0n) is 18.3. The highest BCUT2D eigenvalue weighted by atomic mass is 19.1. The maximum atomic E-state index is 13.8. The van der Waals surface area contributed by atoms with E-state index < -0.39 is 12.2 Å². The molecule has 33 heavy (non-hydrogen) atoms. The highest BCUT2D eigenvalue weighted by Crippen LogP contribution is 2.47. The third-order valence-electron chi connectivity index (χ3n) is 5.91. The first kappa shape index (κ1) is 23.2. The number of hydrogen-bond acceptors (Lipinski definition) is 6. The van der Waals surface area contributed by atoms with Crippen molar-refractivity contribution in [3.8, 4) is 5.75 Å². The summed E-state index contributed by atoms with van der Waals surface area (Å²) >= 11 is 0. The third-order valence-corrected chi connectivity index (χ3v) is 5.91. The number of benzene rings is 2. The fourth-order valence-electron chi connectivity index (χ4n) is 4.41. The van der Waals surface area contributed by atoms with E-state index in [0.717, 1.165) is 5.56 Å². The van der Waals surface area contributed by atoms with Crippen LogP contribution in [0.1, 0.15) is 29.9 Å². The summed E-state index contributed by atoms with van der Waals surface area (Å²) in [6.45, 7) is -0.214. The Morgan fingerprint density at radius 3 is 2.79 bits per heavy atom. The van der Waals surface area contributed by atoms with Crippen molar-refractivity contribution < 1.29 is 33.3 Å². The number of rotatable bonds is 8. The minimum Gasteiger partial charge on any atom is -0.487 e. The number of amides is 2. The van der Waals surface area contributed by atoms with Crippen LogP contribution in [-0.2, 0) is 25.6 Å². The lowest BCUT2D eigenvalue weighted by Crippen LogP contribution is -2.47. The summed E-state index contributed by atoms with van der Waals surface area (Å²) in [5.41, 5.74) is 1.92. The van der Waals surface area contributed by atoms with Crippen LogP contribution >= 0.6 is 0 Å². The first-order chi connectivity index (χ1) is 16.0. The second-order valence-corrected chi connectivity index (χ2v) is 8.21. The van der Waals surface area contributed by atoms with Gasteiger partial charge >= 0.3 is 0 Å². The molecule has 2 aliphatic rings. The fourth-order valence-corrected chi connectivity index (χ4v) is 4.41. The maximum Gasteiger partial charge on any atom is 0.250 e. The largest absolute Gasteiger partial charge is 0.487 e. The van der Waals surface area contributed by atoms with Crippen LogP contribution in [0, 0.1) is 5.82 Å². The number of hydrogen-bond donors (Lipinski definition) is 3. The SMILES string of the molecule is COCC(=O)Nc1ccc2c(c1)[C@@H]1C[C@@H](CC(=O)NCc3ccccc3F)O[C@H](CO)[C@@H]1O2. The Bertz CT molecular complexity index is 1020. The molecule has 4 rings (SSSR count). The number of aliphatic hydroxyl groups excluding tert-OH is 1. The van der Waals surface area contributed by atoms with Crippen molar-refractivity contribution >= 4 is 17.5 Å². The summed E-state index contributed by atoms with van der Waals surface area (Å²) < 4.78 is 30.6. The molecule has 0 saturated carbocycles. The van der Waals surface area contributed by atoms with Crippen molar-refractivity contribution in [2.45, 2.75) is 43.6 Å². The predicted octanol–water partition coefficient (Wildman–Crippen LogP) is 2.11. The first-order valence-corrected chi connectivity index (χ1v) is 10.8. The number of ether oxygens (including phenoxy) is 3. The standard InChI is InChI=1S/C24H27FN2O6/c1-31-13-23(30)27-15-6-7-20-17(8-15)18-9-16(32-21(12-28)24(18)33-20)10-22(29)26-11-14-4-2-3-5-19(14)25/h2-8,16,18,21,24,28H,9-13H2,1H3,(H,26,29)(H,27,30)/t16-,18-,21+,24+/m0/s1. The Morgan fingerprint density at radius 2 is 2.03 bits per heavy atom. The first-order valence-electron chi connectivity index (χ1n) is 10.8. The second-order valence-electron chi connectivity index (χ2n) is 8.21. The van der Waals surface area contributed by atoms with Crippen LogP contribution in [0.25, 0.3) is 0 Å². The van der Waals surface area contributed by atoms with Crippen LogP contribution < -0.4 is 15.4 Å². The molecule has 3 N–H and O–H groups in total. The molecule has 2 heterocycles. The molecule has 0 aromatic heterocycles. The lowest BCUT2D eigenvalue weighted by molar-refractivity contribution is -0.142. The molecule has 2 aliphatic heterocycles. The van der Waals surface area contributed by atoms with E-state index in [-0.39, 0.29) is 55.8 Å². The van der Waals surface area contributed by atoms with Gasteiger partial charge in [-0.15, -0.1) is 0 Å². The van der Waals surface area contributed by atoms with Crippen molar-refractivity contribution in [2.24, 2.45) is 0 Å². The van der Waals surface area contributed by atoms with Gasteiger partial charge in [0.15, 0.2) is 0 Å². The van der Waals surface area contributed by atoms with E-state index in [1.165, 1.54) is 13.2 Å². The molecule has 0 unspecified atom stereocenters. The van der Waals surface area contributed by atoms with Gasteiger partial charge in [-0.1, -0.05) is 18.2 Å². The van der Waals surface area contributed by atoms with E-state index >= 15 is 0 Å². The van der Waals surface area contributed by atoms with Crippen molar-refractivity contribution in [1.29, 1.82) is 0 Å². The Labute approximate surface area is 191 Å². The lowest BCUT2D eigenvalue weighted by Gasteiger charge is -2.37. The van der Waals surface area contributed by atoms with Gasteiger partial charge in [-0.3, -0.25) is 9.59 Å². The number of nitrogens with one attached hydrogen (secondary N) is 2. The predicted molar refractivity (Wildman–Crippen MR) is 117 cm³/mol. The smallest absolute Gasteiger partial charge is 0.250 e. The van der Waals surface area contributed by atoms with Crippen LogP contribution in [0.15, 0.2) is 42.5 Å². The van der Waals surface area contributed by atoms with E-state index in [0.29, 0.717) is 23.4 Å². The van der Waals surface area contributed by atoms with Gasteiger partial charge in [0.05, 0.1) is 19.1 Å². The molecule has 1 saturated heterocycles. The molecule has 4 atom stereocenters. The summed E-state index contributed by atoms with van der Waals surface area (Å²) in [6.07, 6.45) is -0.824. The van der Waals surface area contributed by atoms with Gasteiger partial charge < -0.3 is 30.0 Å². The number of carbonyl (C=O) groups is 2. The van der Waals surface area contributed by atoms with Gasteiger partial charge in [-0.2, -0.15) is 0 Å². The fraction of sp³-hybridized carbons (Fsp3) is 0.417. The van der Waals surface area contributed by atoms with E-state index in [1.54, 1.807) is 30.3 Å². The number of carbonyl (C=O) groups excluding carboxylic acids is 2. The van der Waals surface area contributed by atoms with Gasteiger partial charge in [-0.05, 0) is 30.7 Å². The number of aliphatic hydroxyl groups is 1. The van der Waals surface area contributed by atoms with E-state index in [9.17, 15) is 19.1 Å². The summed E-state index contributed by atoms with van der Waals surface area (Å²) in [4.78, 5) is 24.4. The summed E-state index contributed by atoms with van der Waals surface area (Å²) in [7, 11) is 1.45. The summed E-state index contributed by atoms with van der Waals surface area (Å²) in [6, 6.07) is 11.6. The molecule has 0 spiro atoms. The van der Waals surface area contributed by atoms with Gasteiger partial charge in [0.25, 0.3) is 0 Å². The van der Waals surface area contributed by atoms with Crippen LogP contribution in [-0.4, -0.2) is 55.6 Å². The minimum atomic E-state index is -0.591. The monoisotopic (exact) mass is 458 g/mol. The van der Waals surface area contributed by atoms with E-state index in [1.807, 2.05) is 6.07 Å². The van der Waals surface area contributed by atoms with E-state index in [2.05, 4.69) is 10.6 Å². The van der Waals surface area contributed by atoms with Crippen LogP contribution in [0.4, 0.5) is 10.1 Å². The summed E-state index contributed by atoms with van der Waals surface area (Å²) in [5.74, 6) is -0.338. The summed E-state index contributed by atoms with van der Waals surface area (Å²) in [5, 5.41) is 15.4. The van der Waals surface area contributed by atoms with Crippen molar-refractivity contribution in [3.05, 3.63) is 59.4 Å². The molecule has 0 aliphatic carbocycles. The Balaban J connectivity index is 1.42. The van der Waals surface area contributed by atoms with Gasteiger partial charge in [0.1, 0.15) is 30.4 Å². The third kappa shape index (κ3) is 5.32. The molecule has 2 aromatic rings. The van der Waals surface area contributed by atoms with Crippen LogP contribution in [0.2, 0.25) is 0 Å². The molecule has 0 radical (unpaired) electrons. The minimum absolute atomic E-state index is 0.0515.